The fourth-order valence-electron chi connectivity index (χ4n) is 1.82. The maximum Gasteiger partial charge on any atom is 0.315 e. The molecule has 0 heterocycles. The highest BCUT2D eigenvalue weighted by Gasteiger charge is 2.12. The molecule has 100 valence electrons. The van der Waals surface area contributed by atoms with Gasteiger partial charge in [0.25, 0.3) is 0 Å². The molecule has 0 radical (unpaired) electrons. The molecular weight excluding hydrogens is 224 g/mol. The minimum Gasteiger partial charge on any atom is -0.338 e. The van der Waals surface area contributed by atoms with Gasteiger partial charge in [-0.25, -0.2) is 4.79 Å². The van der Waals surface area contributed by atoms with E-state index in [4.69, 9.17) is 0 Å². The Balaban J connectivity index is 2.40. The van der Waals surface area contributed by atoms with E-state index in [1.54, 1.807) is 0 Å². The van der Waals surface area contributed by atoms with Gasteiger partial charge in [0, 0.05) is 12.1 Å². The smallest absolute Gasteiger partial charge is 0.315 e. The van der Waals surface area contributed by atoms with Crippen molar-refractivity contribution in [3.63, 3.8) is 0 Å². The summed E-state index contributed by atoms with van der Waals surface area (Å²) in [4.78, 5) is 11.6. The monoisotopic (exact) mass is 248 g/mol. The van der Waals surface area contributed by atoms with Gasteiger partial charge >= 0.3 is 6.03 Å². The molecule has 0 aromatic heterocycles. The molecule has 0 aliphatic rings. The standard InChI is InChI=1S/C15H24N2O/c1-11-6-7-13(12(2)10-11)8-9-16-14(18)17-15(3,4)5/h6-7,10H,8-9H2,1-5H3,(H2,16,17,18). The second-order valence-corrected chi connectivity index (χ2v) is 5.81. The molecule has 0 unspecified atom stereocenters. The summed E-state index contributed by atoms with van der Waals surface area (Å²) in [5.41, 5.74) is 3.66. The number of hydrogen-bond acceptors (Lipinski definition) is 1. The predicted molar refractivity (Wildman–Crippen MR) is 75.9 cm³/mol. The molecule has 18 heavy (non-hydrogen) atoms. The molecule has 0 bridgehead atoms. The number of urea groups is 1. The van der Waals surface area contributed by atoms with E-state index < -0.39 is 0 Å². The maximum absolute atomic E-state index is 11.6. The van der Waals surface area contributed by atoms with Gasteiger partial charge < -0.3 is 10.6 Å². The Bertz CT molecular complexity index is 419. The molecule has 0 fully saturated rings. The van der Waals surface area contributed by atoms with Gasteiger partial charge in [0.05, 0.1) is 0 Å². The van der Waals surface area contributed by atoms with Gasteiger partial charge in [-0.1, -0.05) is 23.8 Å². The zero-order valence-corrected chi connectivity index (χ0v) is 12.1. The number of hydrogen-bond donors (Lipinski definition) is 2. The molecule has 0 aliphatic heterocycles. The third kappa shape index (κ3) is 5.21. The van der Waals surface area contributed by atoms with Crippen molar-refractivity contribution < 1.29 is 4.79 Å². The van der Waals surface area contributed by atoms with Gasteiger partial charge in [-0.15, -0.1) is 0 Å². The predicted octanol–water partition coefficient (Wildman–Crippen LogP) is 2.94. The van der Waals surface area contributed by atoms with Crippen LogP contribution in [0.15, 0.2) is 18.2 Å². The summed E-state index contributed by atoms with van der Waals surface area (Å²) in [6.07, 6.45) is 0.865. The van der Waals surface area contributed by atoms with Crippen LogP contribution in [0, 0.1) is 13.8 Å². The van der Waals surface area contributed by atoms with E-state index in [0.29, 0.717) is 6.54 Å². The molecule has 1 rings (SSSR count). The van der Waals surface area contributed by atoms with Gasteiger partial charge in [0.1, 0.15) is 0 Å². The quantitative estimate of drug-likeness (QED) is 0.848. The van der Waals surface area contributed by atoms with E-state index in [1.165, 1.54) is 16.7 Å². The van der Waals surface area contributed by atoms with Gasteiger partial charge in [0.2, 0.25) is 0 Å². The first-order valence-electron chi connectivity index (χ1n) is 6.40. The molecule has 0 saturated heterocycles. The normalized spacial score (nSPS) is 11.2. The van der Waals surface area contributed by atoms with Crippen molar-refractivity contribution >= 4 is 6.03 Å². The number of nitrogens with one attached hydrogen (secondary N) is 2. The Morgan fingerprint density at radius 1 is 1.22 bits per heavy atom. The number of aryl methyl sites for hydroxylation is 2. The second kappa shape index (κ2) is 5.89. The lowest BCUT2D eigenvalue weighted by Crippen LogP contribution is -2.46. The van der Waals surface area contributed by atoms with E-state index in [2.05, 4.69) is 42.7 Å². The lowest BCUT2D eigenvalue weighted by Gasteiger charge is -2.20. The molecule has 2 N–H and O–H groups in total. The third-order valence-electron chi connectivity index (χ3n) is 2.67. The van der Waals surface area contributed by atoms with Crippen molar-refractivity contribution in [3.05, 3.63) is 34.9 Å². The van der Waals surface area contributed by atoms with E-state index in [0.717, 1.165) is 6.42 Å². The van der Waals surface area contributed by atoms with Crippen LogP contribution in [0.3, 0.4) is 0 Å². The lowest BCUT2D eigenvalue weighted by atomic mass is 10.0. The van der Waals surface area contributed by atoms with Crippen LogP contribution in [-0.2, 0) is 6.42 Å². The summed E-state index contributed by atoms with van der Waals surface area (Å²) >= 11 is 0. The van der Waals surface area contributed by atoms with Crippen LogP contribution >= 0.6 is 0 Å². The second-order valence-electron chi connectivity index (χ2n) is 5.81. The molecule has 1 aromatic rings. The van der Waals surface area contributed by atoms with Crippen LogP contribution in [0.25, 0.3) is 0 Å². The summed E-state index contributed by atoms with van der Waals surface area (Å²) in [6.45, 7) is 10.8. The Kier molecular flexibility index (Phi) is 4.76. The van der Waals surface area contributed by atoms with Crippen molar-refractivity contribution in [1.29, 1.82) is 0 Å². The first kappa shape index (κ1) is 14.6. The minimum absolute atomic E-state index is 0.104. The van der Waals surface area contributed by atoms with Crippen LogP contribution in [0.1, 0.15) is 37.5 Å². The molecular formula is C15H24N2O. The van der Waals surface area contributed by atoms with Gasteiger partial charge in [-0.3, -0.25) is 0 Å². The van der Waals surface area contributed by atoms with Gasteiger partial charge in [-0.05, 0) is 52.2 Å². The number of rotatable bonds is 3. The third-order valence-corrected chi connectivity index (χ3v) is 2.67. The highest BCUT2D eigenvalue weighted by atomic mass is 16.2. The number of carbonyl (C=O) groups is 1. The Morgan fingerprint density at radius 3 is 2.44 bits per heavy atom. The van der Waals surface area contributed by atoms with E-state index in [-0.39, 0.29) is 11.6 Å². The highest BCUT2D eigenvalue weighted by molar-refractivity contribution is 5.74. The number of carbonyl (C=O) groups excluding carboxylic acids is 1. The fraction of sp³-hybridized carbons (Fsp3) is 0.533. The average molecular weight is 248 g/mol. The van der Waals surface area contributed by atoms with Crippen LogP contribution in [0.4, 0.5) is 4.79 Å². The van der Waals surface area contributed by atoms with Gasteiger partial charge in [0.15, 0.2) is 0 Å². The first-order chi connectivity index (χ1) is 8.28. The summed E-state index contributed by atoms with van der Waals surface area (Å²) in [5, 5.41) is 5.76. The van der Waals surface area contributed by atoms with Gasteiger partial charge in [-0.2, -0.15) is 0 Å². The van der Waals surface area contributed by atoms with E-state index >= 15 is 0 Å². The Hall–Kier alpha value is -1.51. The average Bonchev–Trinajstić information content (AvgIpc) is 2.18. The topological polar surface area (TPSA) is 41.1 Å². The molecule has 1 aromatic carbocycles. The Morgan fingerprint density at radius 2 is 1.89 bits per heavy atom. The van der Waals surface area contributed by atoms with Crippen LogP contribution in [-0.4, -0.2) is 18.1 Å². The van der Waals surface area contributed by atoms with Crippen LogP contribution < -0.4 is 10.6 Å². The maximum atomic E-state index is 11.6. The fourth-order valence-corrected chi connectivity index (χ4v) is 1.82. The number of amides is 2. The van der Waals surface area contributed by atoms with Crippen molar-refractivity contribution in [2.45, 2.75) is 46.6 Å². The van der Waals surface area contributed by atoms with Crippen LogP contribution in [0.5, 0.6) is 0 Å². The van der Waals surface area contributed by atoms with E-state index in [1.807, 2.05) is 20.8 Å². The minimum atomic E-state index is -0.191. The summed E-state index contributed by atoms with van der Waals surface area (Å²) < 4.78 is 0. The molecule has 3 nitrogen and oxygen atoms in total. The van der Waals surface area contributed by atoms with Crippen molar-refractivity contribution in [3.8, 4) is 0 Å². The zero-order valence-electron chi connectivity index (χ0n) is 12.1. The lowest BCUT2D eigenvalue weighted by molar-refractivity contribution is 0.232. The van der Waals surface area contributed by atoms with Crippen molar-refractivity contribution in [2.24, 2.45) is 0 Å². The first-order valence-corrected chi connectivity index (χ1v) is 6.40. The molecule has 0 aliphatic carbocycles. The molecule has 0 saturated carbocycles. The number of benzene rings is 1. The zero-order chi connectivity index (χ0) is 13.8. The summed E-state index contributed by atoms with van der Waals surface area (Å²) in [6, 6.07) is 6.31. The van der Waals surface area contributed by atoms with Crippen molar-refractivity contribution in [1.82, 2.24) is 10.6 Å². The summed E-state index contributed by atoms with van der Waals surface area (Å²) in [5.74, 6) is 0. The molecule has 0 spiro atoms. The van der Waals surface area contributed by atoms with Crippen molar-refractivity contribution in [2.75, 3.05) is 6.54 Å². The molecule has 2 amide bonds. The molecule has 3 heteroatoms. The largest absolute Gasteiger partial charge is 0.338 e. The Labute approximate surface area is 110 Å². The molecule has 0 atom stereocenters. The summed E-state index contributed by atoms with van der Waals surface area (Å²) in [7, 11) is 0. The highest BCUT2D eigenvalue weighted by Crippen LogP contribution is 2.10. The van der Waals surface area contributed by atoms with E-state index in [9.17, 15) is 4.79 Å². The SMILES string of the molecule is Cc1ccc(CCNC(=O)NC(C)(C)C)c(C)c1. The van der Waals surface area contributed by atoms with Crippen LogP contribution in [0.2, 0.25) is 0 Å².